The number of benzene rings is 1. The molecule has 0 saturated carbocycles. The van der Waals surface area contributed by atoms with Crippen molar-refractivity contribution in [2.24, 2.45) is 0 Å². The van der Waals surface area contributed by atoms with Crippen LogP contribution >= 0.6 is 11.8 Å². The van der Waals surface area contributed by atoms with E-state index in [1.54, 1.807) is 0 Å². The van der Waals surface area contributed by atoms with Crippen molar-refractivity contribution in [1.29, 1.82) is 0 Å². The number of aryl methyl sites for hydroxylation is 1. The predicted octanol–water partition coefficient (Wildman–Crippen LogP) is 2.72. The van der Waals surface area contributed by atoms with E-state index in [1.165, 1.54) is 10.5 Å². The van der Waals surface area contributed by atoms with Gasteiger partial charge in [0, 0.05) is 18.0 Å². The van der Waals surface area contributed by atoms with Gasteiger partial charge in [-0.3, -0.25) is 0 Å². The van der Waals surface area contributed by atoms with Gasteiger partial charge in [0.05, 0.1) is 12.7 Å². The number of thioether (sulfide) groups is 1. The van der Waals surface area contributed by atoms with Crippen molar-refractivity contribution in [3.05, 3.63) is 29.8 Å². The van der Waals surface area contributed by atoms with Crippen molar-refractivity contribution in [2.75, 3.05) is 25.4 Å². The van der Waals surface area contributed by atoms with Crippen LogP contribution < -0.4 is 5.32 Å². The quantitative estimate of drug-likeness (QED) is 0.813. The second-order valence-corrected chi connectivity index (χ2v) is 5.65. The van der Waals surface area contributed by atoms with Gasteiger partial charge in [-0.2, -0.15) is 0 Å². The van der Waals surface area contributed by atoms with Crippen LogP contribution in [0.1, 0.15) is 18.9 Å². The molecule has 2 rings (SSSR count). The molecule has 17 heavy (non-hydrogen) atoms. The van der Waals surface area contributed by atoms with Crippen molar-refractivity contribution in [2.45, 2.75) is 30.8 Å². The van der Waals surface area contributed by atoms with Crippen molar-refractivity contribution >= 4 is 11.8 Å². The summed E-state index contributed by atoms with van der Waals surface area (Å²) in [6.07, 6.45) is 2.63. The van der Waals surface area contributed by atoms with E-state index in [-0.39, 0.29) is 0 Å². The summed E-state index contributed by atoms with van der Waals surface area (Å²) in [5.41, 5.74) is 1.42. The Morgan fingerprint density at radius 2 is 2.18 bits per heavy atom. The number of hydrogen-bond acceptors (Lipinski definition) is 3. The van der Waals surface area contributed by atoms with Crippen LogP contribution in [-0.4, -0.2) is 31.6 Å². The molecule has 0 aliphatic carbocycles. The van der Waals surface area contributed by atoms with Crippen LogP contribution in [0.4, 0.5) is 0 Å². The molecule has 1 aliphatic heterocycles. The van der Waals surface area contributed by atoms with Gasteiger partial charge in [-0.25, -0.2) is 0 Å². The van der Waals surface area contributed by atoms with Gasteiger partial charge in [-0.15, -0.1) is 11.8 Å². The first-order valence-corrected chi connectivity index (χ1v) is 7.41. The zero-order chi connectivity index (χ0) is 11.9. The van der Waals surface area contributed by atoms with Crippen molar-refractivity contribution < 1.29 is 4.74 Å². The number of rotatable bonds is 5. The monoisotopic (exact) mass is 251 g/mol. The van der Waals surface area contributed by atoms with Crippen LogP contribution in [0.5, 0.6) is 0 Å². The van der Waals surface area contributed by atoms with Gasteiger partial charge in [0.2, 0.25) is 0 Å². The van der Waals surface area contributed by atoms with Gasteiger partial charge >= 0.3 is 0 Å². The number of nitrogens with one attached hydrogen (secondary N) is 1. The van der Waals surface area contributed by atoms with E-state index >= 15 is 0 Å². The Labute approximate surface area is 108 Å². The Bertz CT molecular complexity index is 319. The van der Waals surface area contributed by atoms with Crippen LogP contribution in [-0.2, 0) is 11.2 Å². The van der Waals surface area contributed by atoms with E-state index in [9.17, 15) is 0 Å². The second-order valence-electron chi connectivity index (χ2n) is 4.31. The first-order chi connectivity index (χ1) is 8.38. The highest BCUT2D eigenvalue weighted by atomic mass is 32.2. The zero-order valence-electron chi connectivity index (χ0n) is 10.4. The van der Waals surface area contributed by atoms with Crippen molar-refractivity contribution in [1.82, 2.24) is 5.32 Å². The molecular formula is C14H21NOS. The molecule has 1 unspecified atom stereocenters. The molecule has 1 aliphatic rings. The van der Waals surface area contributed by atoms with Gasteiger partial charge in [0.25, 0.3) is 0 Å². The molecule has 1 aromatic carbocycles. The van der Waals surface area contributed by atoms with Crippen LogP contribution in [0.25, 0.3) is 0 Å². The summed E-state index contributed by atoms with van der Waals surface area (Å²) in [5.74, 6) is 1.14. The molecule has 0 radical (unpaired) electrons. The molecule has 1 fully saturated rings. The lowest BCUT2D eigenvalue weighted by Gasteiger charge is -2.23. The van der Waals surface area contributed by atoms with Crippen LogP contribution in [0.3, 0.4) is 0 Å². The number of ether oxygens (including phenoxy) is 1. The van der Waals surface area contributed by atoms with E-state index < -0.39 is 0 Å². The average molecular weight is 251 g/mol. The molecule has 1 saturated heterocycles. The fraction of sp³-hybridized carbons (Fsp3) is 0.571. The first-order valence-electron chi connectivity index (χ1n) is 6.42. The smallest absolute Gasteiger partial charge is 0.0703 e. The molecule has 1 aromatic rings. The summed E-state index contributed by atoms with van der Waals surface area (Å²) < 4.78 is 5.70. The van der Waals surface area contributed by atoms with Gasteiger partial charge in [0.15, 0.2) is 0 Å². The zero-order valence-corrected chi connectivity index (χ0v) is 11.3. The van der Waals surface area contributed by atoms with Gasteiger partial charge < -0.3 is 10.1 Å². The minimum Gasteiger partial charge on any atom is -0.376 e. The summed E-state index contributed by atoms with van der Waals surface area (Å²) in [5, 5.41) is 3.37. The molecule has 0 spiro atoms. The molecule has 94 valence electrons. The standard InChI is InChI=1S/C14H21NOS/c1-2-17-14-7-4-12(5-8-14)3-6-13-11-15-9-10-16-13/h4-5,7-8,13,15H,2-3,6,9-11H2,1H3. The van der Waals surface area contributed by atoms with Crippen LogP contribution in [0, 0.1) is 0 Å². The Kier molecular flexibility index (Phi) is 5.36. The number of hydrogen-bond donors (Lipinski definition) is 1. The molecule has 1 heterocycles. The summed E-state index contributed by atoms with van der Waals surface area (Å²) >= 11 is 1.90. The lowest BCUT2D eigenvalue weighted by atomic mass is 10.1. The predicted molar refractivity (Wildman–Crippen MR) is 73.8 cm³/mol. The minimum absolute atomic E-state index is 0.397. The Balaban J connectivity index is 1.77. The maximum absolute atomic E-state index is 5.70. The Hall–Kier alpha value is -0.510. The summed E-state index contributed by atoms with van der Waals surface area (Å²) in [4.78, 5) is 1.37. The summed E-state index contributed by atoms with van der Waals surface area (Å²) in [6, 6.07) is 8.94. The topological polar surface area (TPSA) is 21.3 Å². The van der Waals surface area contributed by atoms with Gasteiger partial charge in [-0.05, 0) is 36.3 Å². The molecule has 0 bridgehead atoms. The van der Waals surface area contributed by atoms with E-state index in [0.717, 1.165) is 38.3 Å². The fourth-order valence-electron chi connectivity index (χ4n) is 2.05. The molecular weight excluding hydrogens is 230 g/mol. The normalized spacial score (nSPS) is 20.4. The van der Waals surface area contributed by atoms with Crippen molar-refractivity contribution in [3.8, 4) is 0 Å². The first kappa shape index (κ1) is 12.9. The molecule has 3 heteroatoms. The second kappa shape index (κ2) is 7.04. The maximum atomic E-state index is 5.70. The van der Waals surface area contributed by atoms with Crippen molar-refractivity contribution in [3.63, 3.8) is 0 Å². The summed E-state index contributed by atoms with van der Waals surface area (Å²) in [6.45, 7) is 5.05. The largest absolute Gasteiger partial charge is 0.376 e. The average Bonchev–Trinajstić information content (AvgIpc) is 2.40. The minimum atomic E-state index is 0.397. The third-order valence-corrected chi connectivity index (χ3v) is 3.89. The summed E-state index contributed by atoms with van der Waals surface area (Å²) in [7, 11) is 0. The third-order valence-electron chi connectivity index (χ3n) is 2.99. The molecule has 0 aromatic heterocycles. The highest BCUT2D eigenvalue weighted by Crippen LogP contribution is 2.18. The lowest BCUT2D eigenvalue weighted by molar-refractivity contribution is 0.0238. The molecule has 0 amide bonds. The van der Waals surface area contributed by atoms with E-state index in [1.807, 2.05) is 11.8 Å². The van der Waals surface area contributed by atoms with Gasteiger partial charge in [-0.1, -0.05) is 19.1 Å². The van der Waals surface area contributed by atoms with E-state index in [2.05, 4.69) is 36.5 Å². The highest BCUT2D eigenvalue weighted by molar-refractivity contribution is 7.99. The number of morpholine rings is 1. The van der Waals surface area contributed by atoms with E-state index in [4.69, 9.17) is 4.74 Å². The van der Waals surface area contributed by atoms with Crippen LogP contribution in [0.2, 0.25) is 0 Å². The van der Waals surface area contributed by atoms with E-state index in [0.29, 0.717) is 6.10 Å². The van der Waals surface area contributed by atoms with Crippen LogP contribution in [0.15, 0.2) is 29.2 Å². The third kappa shape index (κ3) is 4.34. The molecule has 1 atom stereocenters. The Morgan fingerprint density at radius 3 is 2.82 bits per heavy atom. The van der Waals surface area contributed by atoms with Gasteiger partial charge in [0.1, 0.15) is 0 Å². The maximum Gasteiger partial charge on any atom is 0.0703 e. The molecule has 2 nitrogen and oxygen atoms in total. The lowest BCUT2D eigenvalue weighted by Crippen LogP contribution is -2.38. The highest BCUT2D eigenvalue weighted by Gasteiger charge is 2.12. The fourth-order valence-corrected chi connectivity index (χ4v) is 2.71. The molecule has 1 N–H and O–H groups in total. The SMILES string of the molecule is CCSc1ccc(CCC2CNCCO2)cc1. The Morgan fingerprint density at radius 1 is 1.35 bits per heavy atom.